The highest BCUT2D eigenvalue weighted by molar-refractivity contribution is 6.15. The average molecular weight is 567 g/mol. The molecule has 42 heavy (non-hydrogen) atoms. The van der Waals surface area contributed by atoms with Crippen LogP contribution in [0.1, 0.15) is 32.3 Å². The zero-order chi connectivity index (χ0) is 29.7. The number of piperazine rings is 1. The summed E-state index contributed by atoms with van der Waals surface area (Å²) in [5.41, 5.74) is 2.39. The van der Waals surface area contributed by atoms with Crippen LogP contribution in [0.2, 0.25) is 0 Å². The highest BCUT2D eigenvalue weighted by Gasteiger charge is 2.31. The molecule has 1 aliphatic heterocycles. The molecule has 6 rings (SSSR count). The minimum Gasteiger partial charge on any atom is -0.507 e. The number of fused-ring (bicyclic) bond motifs is 3. The molecule has 1 amide bonds. The van der Waals surface area contributed by atoms with Gasteiger partial charge in [0.15, 0.2) is 0 Å². The number of anilines is 1. The van der Waals surface area contributed by atoms with Gasteiger partial charge in [-0.1, -0.05) is 44.7 Å². The van der Waals surface area contributed by atoms with E-state index in [0.29, 0.717) is 58.6 Å². The van der Waals surface area contributed by atoms with E-state index >= 15 is 4.39 Å². The number of phenols is 1. The maximum absolute atomic E-state index is 15.3. The minimum absolute atomic E-state index is 0.0187. The summed E-state index contributed by atoms with van der Waals surface area (Å²) in [6.07, 6.45) is 2.81. The fourth-order valence-electron chi connectivity index (χ4n) is 6.02. The van der Waals surface area contributed by atoms with E-state index in [2.05, 4.69) is 11.6 Å². The van der Waals surface area contributed by atoms with Crippen molar-refractivity contribution in [3.63, 3.8) is 0 Å². The number of nitrogens with zero attached hydrogens (tertiary/aromatic N) is 4. The van der Waals surface area contributed by atoms with E-state index < -0.39 is 11.5 Å². The van der Waals surface area contributed by atoms with E-state index in [4.69, 9.17) is 4.42 Å². The van der Waals surface area contributed by atoms with Gasteiger partial charge in [-0.25, -0.2) is 9.18 Å². The molecule has 214 valence electrons. The van der Waals surface area contributed by atoms with Crippen LogP contribution in [0.4, 0.5) is 10.2 Å². The third kappa shape index (κ3) is 4.32. The Labute approximate surface area is 241 Å². The molecule has 1 saturated heterocycles. The normalized spacial score (nSPS) is 15.6. The second kappa shape index (κ2) is 10.5. The molecule has 0 bridgehead atoms. The predicted molar refractivity (Wildman–Crippen MR) is 162 cm³/mol. The standard InChI is InChI=1S/C33H31FN4O4/c1-5-28(40)36-14-15-37(20(4)18-36)32-30-26(38(33(41)35-32)25-11-7-6-9-21(25)19(2)3)17-23(22-13-16-42-31(22)30)29-24(34)10-8-12-27(29)39/h5-13,16-17,19-20,39H,1,14-15,18H2,2-4H3/t20-/m0/s1. The van der Waals surface area contributed by atoms with Gasteiger partial charge in [0.2, 0.25) is 5.91 Å². The second-order valence-corrected chi connectivity index (χ2v) is 10.9. The molecule has 1 fully saturated rings. The van der Waals surface area contributed by atoms with E-state index in [9.17, 15) is 14.7 Å². The van der Waals surface area contributed by atoms with Gasteiger partial charge in [-0.15, -0.1) is 0 Å². The van der Waals surface area contributed by atoms with Crippen LogP contribution in [0, 0.1) is 5.82 Å². The molecule has 0 aliphatic carbocycles. The largest absolute Gasteiger partial charge is 0.507 e. The van der Waals surface area contributed by atoms with Gasteiger partial charge in [-0.3, -0.25) is 9.36 Å². The number of amides is 1. The van der Waals surface area contributed by atoms with Crippen molar-refractivity contribution in [3.05, 3.63) is 95.4 Å². The van der Waals surface area contributed by atoms with E-state index in [1.165, 1.54) is 30.5 Å². The zero-order valence-electron chi connectivity index (χ0n) is 23.7. The lowest BCUT2D eigenvalue weighted by Gasteiger charge is -2.40. The summed E-state index contributed by atoms with van der Waals surface area (Å²) >= 11 is 0. The van der Waals surface area contributed by atoms with Crippen LogP contribution in [0.3, 0.4) is 0 Å². The number of rotatable bonds is 5. The molecule has 2 aromatic heterocycles. The Morgan fingerprint density at radius 3 is 2.67 bits per heavy atom. The van der Waals surface area contributed by atoms with Gasteiger partial charge >= 0.3 is 5.69 Å². The monoisotopic (exact) mass is 566 g/mol. The molecule has 1 N–H and O–H groups in total. The van der Waals surface area contributed by atoms with Crippen LogP contribution < -0.4 is 10.6 Å². The van der Waals surface area contributed by atoms with Crippen LogP contribution in [-0.2, 0) is 4.79 Å². The van der Waals surface area contributed by atoms with E-state index in [0.717, 1.165) is 5.56 Å². The number of carbonyl (C=O) groups is 1. The number of aromatic hydroxyl groups is 1. The van der Waals surface area contributed by atoms with Crippen molar-refractivity contribution >= 4 is 33.6 Å². The molecule has 3 aromatic carbocycles. The molecular formula is C33H31FN4O4. The maximum atomic E-state index is 15.3. The molecule has 0 radical (unpaired) electrons. The van der Waals surface area contributed by atoms with E-state index in [-0.39, 0.29) is 29.2 Å². The van der Waals surface area contributed by atoms with Gasteiger partial charge in [0, 0.05) is 36.6 Å². The molecule has 1 atom stereocenters. The lowest BCUT2D eigenvalue weighted by Crippen LogP contribution is -2.54. The first kappa shape index (κ1) is 27.3. The van der Waals surface area contributed by atoms with Crippen LogP contribution >= 0.6 is 0 Å². The summed E-state index contributed by atoms with van der Waals surface area (Å²) < 4.78 is 22.9. The van der Waals surface area contributed by atoms with Crippen LogP contribution in [0.5, 0.6) is 5.75 Å². The summed E-state index contributed by atoms with van der Waals surface area (Å²) in [5, 5.41) is 11.9. The lowest BCUT2D eigenvalue weighted by molar-refractivity contribution is -0.126. The van der Waals surface area contributed by atoms with Crippen molar-refractivity contribution in [1.29, 1.82) is 0 Å². The number of hydrogen-bond donors (Lipinski definition) is 1. The molecule has 3 heterocycles. The van der Waals surface area contributed by atoms with Gasteiger partial charge in [0.1, 0.15) is 23.0 Å². The number of hydrogen-bond acceptors (Lipinski definition) is 6. The smallest absolute Gasteiger partial charge is 0.354 e. The van der Waals surface area contributed by atoms with Crippen LogP contribution in [-0.4, -0.2) is 51.1 Å². The first-order valence-electron chi connectivity index (χ1n) is 13.9. The molecule has 0 unspecified atom stereocenters. The van der Waals surface area contributed by atoms with Gasteiger partial charge in [-0.2, -0.15) is 4.98 Å². The van der Waals surface area contributed by atoms with Crippen LogP contribution in [0.15, 0.2) is 82.7 Å². The highest BCUT2D eigenvalue weighted by atomic mass is 19.1. The fourth-order valence-corrected chi connectivity index (χ4v) is 6.02. The van der Waals surface area contributed by atoms with E-state index in [1.807, 2.05) is 49.9 Å². The van der Waals surface area contributed by atoms with Crippen molar-refractivity contribution < 1.29 is 18.7 Å². The number of aromatic nitrogens is 2. The number of furan rings is 1. The molecular weight excluding hydrogens is 535 g/mol. The molecule has 8 nitrogen and oxygen atoms in total. The van der Waals surface area contributed by atoms with Crippen molar-refractivity contribution in [1.82, 2.24) is 14.5 Å². The number of halogens is 1. The molecule has 0 spiro atoms. The van der Waals surface area contributed by atoms with Crippen molar-refractivity contribution in [2.45, 2.75) is 32.7 Å². The Bertz CT molecular complexity index is 1910. The van der Waals surface area contributed by atoms with Gasteiger partial charge in [-0.05, 0) is 54.8 Å². The van der Waals surface area contributed by atoms with Gasteiger partial charge < -0.3 is 19.3 Å². The topological polar surface area (TPSA) is 91.8 Å². The molecule has 0 saturated carbocycles. The molecule has 5 aromatic rings. The number of carbonyl (C=O) groups excluding carboxylic acids is 1. The number of para-hydroxylation sites is 1. The number of benzene rings is 3. The van der Waals surface area contributed by atoms with Crippen molar-refractivity contribution in [3.8, 4) is 22.6 Å². The summed E-state index contributed by atoms with van der Waals surface area (Å²) in [7, 11) is 0. The first-order chi connectivity index (χ1) is 20.2. The third-order valence-corrected chi connectivity index (χ3v) is 8.02. The summed E-state index contributed by atoms with van der Waals surface area (Å²) in [6.45, 7) is 11.0. The average Bonchev–Trinajstić information content (AvgIpc) is 3.46. The Hall–Kier alpha value is -4.92. The fraction of sp³-hybridized carbons (Fsp3) is 0.242. The van der Waals surface area contributed by atoms with E-state index in [1.54, 1.807) is 21.6 Å². The molecule has 1 aliphatic rings. The Balaban J connectivity index is 1.71. The van der Waals surface area contributed by atoms with Crippen LogP contribution in [0.25, 0.3) is 38.7 Å². The minimum atomic E-state index is -0.598. The SMILES string of the molecule is C=CC(=O)N1CCN(c2nc(=O)n(-c3ccccc3C(C)C)c3cc(-c4c(O)cccc4F)c4ccoc4c23)[C@@H](C)C1. The summed E-state index contributed by atoms with van der Waals surface area (Å²) in [5.74, 6) is -0.447. The molecule has 9 heteroatoms. The Morgan fingerprint density at radius 2 is 1.95 bits per heavy atom. The first-order valence-corrected chi connectivity index (χ1v) is 13.9. The van der Waals surface area contributed by atoms with Crippen molar-refractivity contribution in [2.24, 2.45) is 0 Å². The second-order valence-electron chi connectivity index (χ2n) is 10.9. The zero-order valence-corrected chi connectivity index (χ0v) is 23.7. The van der Waals surface area contributed by atoms with Gasteiger partial charge in [0.25, 0.3) is 0 Å². The Kier molecular flexibility index (Phi) is 6.80. The Morgan fingerprint density at radius 1 is 1.17 bits per heavy atom. The van der Waals surface area contributed by atoms with Crippen molar-refractivity contribution in [2.75, 3.05) is 24.5 Å². The summed E-state index contributed by atoms with van der Waals surface area (Å²) in [6, 6.07) is 15.1. The third-order valence-electron chi connectivity index (χ3n) is 8.02. The summed E-state index contributed by atoms with van der Waals surface area (Å²) in [4.78, 5) is 34.7. The number of phenolic OH excluding ortho intramolecular Hbond substituents is 1. The highest BCUT2D eigenvalue weighted by Crippen LogP contribution is 2.43. The quantitative estimate of drug-likeness (QED) is 0.263. The van der Waals surface area contributed by atoms with Gasteiger partial charge in [0.05, 0.1) is 28.4 Å². The lowest BCUT2D eigenvalue weighted by atomic mass is 9.96. The predicted octanol–water partition coefficient (Wildman–Crippen LogP) is 5.99. The maximum Gasteiger partial charge on any atom is 0.354 e.